The molecule has 1 aromatic rings. The number of methoxy groups -OCH3 is 1. The fourth-order valence-corrected chi connectivity index (χ4v) is 1.30. The first-order valence-electron chi connectivity index (χ1n) is 5.45. The third-order valence-electron chi connectivity index (χ3n) is 2.22. The van der Waals surface area contributed by atoms with E-state index in [4.69, 9.17) is 19.9 Å². The van der Waals surface area contributed by atoms with Gasteiger partial charge in [-0.2, -0.15) is 0 Å². The molecule has 0 aliphatic carbocycles. The molecule has 0 aliphatic heterocycles. The molecule has 2 N–H and O–H groups in total. The second-order valence-corrected chi connectivity index (χ2v) is 3.64. The first-order chi connectivity index (χ1) is 8.56. The van der Waals surface area contributed by atoms with Crippen LogP contribution in [0.15, 0.2) is 36.9 Å². The molecule has 0 spiro atoms. The Hall–Kier alpha value is -2.01. The van der Waals surface area contributed by atoms with E-state index < -0.39 is 18.4 Å². The number of esters is 1. The van der Waals surface area contributed by atoms with Crippen LogP contribution in [0.1, 0.15) is 6.92 Å². The van der Waals surface area contributed by atoms with Gasteiger partial charge in [-0.15, -0.1) is 0 Å². The summed E-state index contributed by atoms with van der Waals surface area (Å²) in [6.45, 7) is 5.00. The Labute approximate surface area is 106 Å². The number of carbonyl (C=O) groups is 1. The molecule has 0 saturated heterocycles. The molecule has 1 aromatic carbocycles. The van der Waals surface area contributed by atoms with Gasteiger partial charge in [0.15, 0.2) is 6.10 Å². The standard InChI is InChI=1S/C13H17NO4/c1-4-12(15)17-9(2)13(16-3)18-11-7-5-10(14)6-8-11/h4-9,13H,1,14H2,2-3H3. The zero-order valence-electron chi connectivity index (χ0n) is 10.5. The van der Waals surface area contributed by atoms with Crippen molar-refractivity contribution in [3.05, 3.63) is 36.9 Å². The van der Waals surface area contributed by atoms with Crippen molar-refractivity contribution in [1.29, 1.82) is 0 Å². The fraction of sp³-hybridized carbons (Fsp3) is 0.308. The zero-order chi connectivity index (χ0) is 13.5. The van der Waals surface area contributed by atoms with Gasteiger partial charge in [0, 0.05) is 18.9 Å². The Morgan fingerprint density at radius 3 is 2.50 bits per heavy atom. The van der Waals surface area contributed by atoms with Crippen molar-refractivity contribution in [2.45, 2.75) is 19.3 Å². The molecule has 0 fully saturated rings. The van der Waals surface area contributed by atoms with Crippen molar-refractivity contribution in [3.8, 4) is 5.75 Å². The van der Waals surface area contributed by atoms with Gasteiger partial charge in [0.25, 0.3) is 0 Å². The second kappa shape index (κ2) is 6.66. The van der Waals surface area contributed by atoms with Crippen molar-refractivity contribution < 1.29 is 19.0 Å². The maximum Gasteiger partial charge on any atom is 0.330 e. The minimum absolute atomic E-state index is 0.523. The molecule has 0 heterocycles. The number of nitrogens with two attached hydrogens (primary N) is 1. The number of anilines is 1. The average Bonchev–Trinajstić information content (AvgIpc) is 2.37. The van der Waals surface area contributed by atoms with Crippen LogP contribution in [-0.4, -0.2) is 25.5 Å². The summed E-state index contributed by atoms with van der Waals surface area (Å²) in [6.07, 6.45) is -0.164. The minimum Gasteiger partial charge on any atom is -0.461 e. The highest BCUT2D eigenvalue weighted by Gasteiger charge is 2.21. The van der Waals surface area contributed by atoms with Crippen LogP contribution in [0.2, 0.25) is 0 Å². The third kappa shape index (κ3) is 4.10. The van der Waals surface area contributed by atoms with Gasteiger partial charge in [0.1, 0.15) is 5.75 Å². The van der Waals surface area contributed by atoms with Crippen LogP contribution in [0.5, 0.6) is 5.75 Å². The Kier molecular flexibility index (Phi) is 5.20. The van der Waals surface area contributed by atoms with E-state index in [9.17, 15) is 4.79 Å². The molecule has 5 nitrogen and oxygen atoms in total. The Morgan fingerprint density at radius 1 is 1.39 bits per heavy atom. The summed E-state index contributed by atoms with van der Waals surface area (Å²) in [4.78, 5) is 11.1. The molecule has 2 unspecified atom stereocenters. The van der Waals surface area contributed by atoms with Crippen molar-refractivity contribution in [1.82, 2.24) is 0 Å². The van der Waals surface area contributed by atoms with Crippen LogP contribution >= 0.6 is 0 Å². The second-order valence-electron chi connectivity index (χ2n) is 3.64. The Bertz CT molecular complexity index is 402. The van der Waals surface area contributed by atoms with Crippen molar-refractivity contribution in [2.75, 3.05) is 12.8 Å². The predicted molar refractivity (Wildman–Crippen MR) is 68.0 cm³/mol. The summed E-state index contributed by atoms with van der Waals surface area (Å²) in [6, 6.07) is 6.84. The molecular weight excluding hydrogens is 234 g/mol. The van der Waals surface area contributed by atoms with Crippen molar-refractivity contribution in [2.24, 2.45) is 0 Å². The average molecular weight is 251 g/mol. The van der Waals surface area contributed by atoms with Gasteiger partial charge in [-0.25, -0.2) is 4.79 Å². The molecule has 0 amide bonds. The van der Waals surface area contributed by atoms with Crippen LogP contribution in [0, 0.1) is 0 Å². The number of carbonyl (C=O) groups excluding carboxylic acids is 1. The zero-order valence-corrected chi connectivity index (χ0v) is 10.5. The van der Waals surface area contributed by atoms with Gasteiger partial charge in [0.05, 0.1) is 0 Å². The first-order valence-corrected chi connectivity index (χ1v) is 5.45. The Morgan fingerprint density at radius 2 is 2.00 bits per heavy atom. The monoisotopic (exact) mass is 251 g/mol. The lowest BCUT2D eigenvalue weighted by atomic mass is 10.3. The maximum absolute atomic E-state index is 11.1. The normalized spacial score (nSPS) is 13.4. The molecule has 0 radical (unpaired) electrons. The lowest BCUT2D eigenvalue weighted by molar-refractivity contribution is -0.167. The highest BCUT2D eigenvalue weighted by molar-refractivity contribution is 5.81. The largest absolute Gasteiger partial charge is 0.461 e. The van der Waals surface area contributed by atoms with Gasteiger partial charge in [-0.05, 0) is 31.2 Å². The van der Waals surface area contributed by atoms with Gasteiger partial charge in [0.2, 0.25) is 6.29 Å². The minimum atomic E-state index is -0.697. The molecule has 0 aromatic heterocycles. The summed E-state index contributed by atoms with van der Waals surface area (Å²) in [5, 5.41) is 0. The van der Waals surface area contributed by atoms with E-state index in [0.717, 1.165) is 6.08 Å². The summed E-state index contributed by atoms with van der Waals surface area (Å²) < 4.78 is 15.7. The first kappa shape index (κ1) is 14.1. The van der Waals surface area contributed by atoms with Crippen molar-refractivity contribution >= 4 is 11.7 Å². The number of rotatable bonds is 6. The number of nitrogen functional groups attached to an aromatic ring is 1. The van der Waals surface area contributed by atoms with Crippen molar-refractivity contribution in [3.63, 3.8) is 0 Å². The molecule has 5 heteroatoms. The van der Waals surface area contributed by atoms with Crippen LogP contribution in [-0.2, 0) is 14.3 Å². The molecule has 0 saturated carbocycles. The van der Waals surface area contributed by atoms with Gasteiger partial charge < -0.3 is 19.9 Å². The highest BCUT2D eigenvalue weighted by Crippen LogP contribution is 2.17. The SMILES string of the molecule is C=CC(=O)OC(C)C(OC)Oc1ccc(N)cc1. The molecular formula is C13H17NO4. The smallest absolute Gasteiger partial charge is 0.330 e. The molecule has 0 aliphatic rings. The lowest BCUT2D eigenvalue weighted by Gasteiger charge is -2.23. The van der Waals surface area contributed by atoms with Gasteiger partial charge in [-0.3, -0.25) is 0 Å². The molecule has 98 valence electrons. The number of ether oxygens (including phenoxy) is 3. The number of hydrogen-bond acceptors (Lipinski definition) is 5. The van der Waals surface area contributed by atoms with Crippen LogP contribution < -0.4 is 10.5 Å². The van der Waals surface area contributed by atoms with E-state index in [-0.39, 0.29) is 0 Å². The van der Waals surface area contributed by atoms with E-state index >= 15 is 0 Å². The number of hydrogen-bond donors (Lipinski definition) is 1. The molecule has 18 heavy (non-hydrogen) atoms. The van der Waals surface area contributed by atoms with Gasteiger partial charge >= 0.3 is 5.97 Å². The van der Waals surface area contributed by atoms with Crippen LogP contribution in [0.3, 0.4) is 0 Å². The quantitative estimate of drug-likeness (QED) is 0.361. The highest BCUT2D eigenvalue weighted by atomic mass is 16.7. The summed E-state index contributed by atoms with van der Waals surface area (Å²) in [5.41, 5.74) is 6.21. The topological polar surface area (TPSA) is 70.8 Å². The van der Waals surface area contributed by atoms with Crippen LogP contribution in [0.4, 0.5) is 5.69 Å². The molecule has 0 bridgehead atoms. The third-order valence-corrected chi connectivity index (χ3v) is 2.22. The fourth-order valence-electron chi connectivity index (χ4n) is 1.30. The summed E-state index contributed by atoms with van der Waals surface area (Å²) in [5.74, 6) is 0.0583. The lowest BCUT2D eigenvalue weighted by Crippen LogP contribution is -2.34. The number of benzene rings is 1. The molecule has 2 atom stereocenters. The maximum atomic E-state index is 11.1. The predicted octanol–water partition coefficient (Wildman–Crippen LogP) is 1.74. The van der Waals surface area contributed by atoms with E-state index in [1.54, 1.807) is 31.2 Å². The summed E-state index contributed by atoms with van der Waals surface area (Å²) in [7, 11) is 1.47. The van der Waals surface area contributed by atoms with E-state index in [1.807, 2.05) is 0 Å². The molecule has 1 rings (SSSR count). The van der Waals surface area contributed by atoms with E-state index in [0.29, 0.717) is 11.4 Å². The summed E-state index contributed by atoms with van der Waals surface area (Å²) >= 11 is 0. The Balaban J connectivity index is 2.63. The van der Waals surface area contributed by atoms with E-state index in [2.05, 4.69) is 6.58 Å². The van der Waals surface area contributed by atoms with E-state index in [1.165, 1.54) is 7.11 Å². The van der Waals surface area contributed by atoms with Gasteiger partial charge in [-0.1, -0.05) is 6.58 Å². The van der Waals surface area contributed by atoms with Crippen LogP contribution in [0.25, 0.3) is 0 Å².